The highest BCUT2D eigenvalue weighted by Crippen LogP contribution is 2.39. The van der Waals surface area contributed by atoms with Crippen LogP contribution in [0.4, 0.5) is 0 Å². The number of hydrogen-bond acceptors (Lipinski definition) is 14. The molecule has 2 aliphatic heterocycles. The van der Waals surface area contributed by atoms with E-state index in [1.165, 1.54) is 15.9 Å². The van der Waals surface area contributed by atoms with Crippen LogP contribution >= 0.6 is 23.1 Å². The van der Waals surface area contributed by atoms with Crippen molar-refractivity contribution in [2.75, 3.05) is 13.2 Å². The molecular formula is C28H34N2O11S2. The van der Waals surface area contributed by atoms with Gasteiger partial charge in [-0.2, -0.15) is 0 Å². The Labute approximate surface area is 253 Å². The van der Waals surface area contributed by atoms with Crippen LogP contribution in [0, 0.1) is 0 Å². The zero-order valence-corrected chi connectivity index (χ0v) is 24.5. The van der Waals surface area contributed by atoms with Crippen LogP contribution in [0.15, 0.2) is 40.3 Å². The molecule has 3 aliphatic rings. The molecule has 10 atom stereocenters. The predicted molar refractivity (Wildman–Crippen MR) is 154 cm³/mol. The lowest BCUT2D eigenvalue weighted by atomic mass is 9.97. The Morgan fingerprint density at radius 2 is 1.63 bits per heavy atom. The number of para-hydroxylation sites is 1. The second-order valence-electron chi connectivity index (χ2n) is 10.9. The highest BCUT2D eigenvalue weighted by molar-refractivity contribution is 7.99. The van der Waals surface area contributed by atoms with Crippen molar-refractivity contribution in [1.82, 2.24) is 9.55 Å². The van der Waals surface area contributed by atoms with Crippen LogP contribution < -0.4 is 5.56 Å². The van der Waals surface area contributed by atoms with Gasteiger partial charge >= 0.3 is 0 Å². The van der Waals surface area contributed by atoms with Crippen LogP contribution in [0.3, 0.4) is 0 Å². The fraction of sp³-hybridized carbons (Fsp3) is 0.571. The first kappa shape index (κ1) is 31.0. The molecule has 0 radical (unpaired) electrons. The maximum Gasteiger partial charge on any atom is 0.267 e. The van der Waals surface area contributed by atoms with Gasteiger partial charge in [-0.05, 0) is 43.4 Å². The molecule has 2 fully saturated rings. The molecule has 3 aromatic rings. The number of hydrogen-bond donors (Lipinski definition) is 7. The van der Waals surface area contributed by atoms with Crippen LogP contribution in [0.2, 0.25) is 0 Å². The third-order valence-electron chi connectivity index (χ3n) is 8.15. The summed E-state index contributed by atoms with van der Waals surface area (Å²) in [6, 6.07) is 8.95. The Morgan fingerprint density at radius 3 is 2.35 bits per heavy atom. The van der Waals surface area contributed by atoms with Crippen LogP contribution in [-0.4, -0.2) is 119 Å². The maximum atomic E-state index is 14.0. The number of aliphatic hydroxyl groups excluding tert-OH is 7. The third kappa shape index (κ3) is 5.67. The van der Waals surface area contributed by atoms with E-state index in [2.05, 4.69) is 0 Å². The van der Waals surface area contributed by atoms with Crippen LogP contribution in [0.5, 0.6) is 0 Å². The quantitative estimate of drug-likeness (QED) is 0.156. The second-order valence-corrected chi connectivity index (χ2v) is 13.0. The Hall–Kier alpha value is -1.99. The topological polar surface area (TPSA) is 204 Å². The summed E-state index contributed by atoms with van der Waals surface area (Å²) in [5, 5.41) is 73.2. The third-order valence-corrected chi connectivity index (χ3v) is 10.4. The van der Waals surface area contributed by atoms with E-state index >= 15 is 0 Å². The van der Waals surface area contributed by atoms with Gasteiger partial charge in [-0.1, -0.05) is 30.0 Å². The van der Waals surface area contributed by atoms with E-state index in [1.54, 1.807) is 24.3 Å². The van der Waals surface area contributed by atoms with Crippen molar-refractivity contribution in [3.05, 3.63) is 51.1 Å². The molecule has 4 heterocycles. The van der Waals surface area contributed by atoms with Crippen molar-refractivity contribution in [3.8, 4) is 5.69 Å². The fourth-order valence-corrected chi connectivity index (χ4v) is 8.28. The number of aromatic nitrogens is 2. The van der Waals surface area contributed by atoms with E-state index < -0.39 is 73.8 Å². The lowest BCUT2D eigenvalue weighted by Gasteiger charge is -2.45. The number of fused-ring (bicyclic) bond motifs is 3. The summed E-state index contributed by atoms with van der Waals surface area (Å²) in [5.41, 5.74) is 0.151. The highest BCUT2D eigenvalue weighted by atomic mass is 32.2. The van der Waals surface area contributed by atoms with E-state index in [4.69, 9.17) is 19.2 Å². The molecule has 15 heteroatoms. The van der Waals surface area contributed by atoms with Crippen molar-refractivity contribution in [2.45, 2.75) is 91.4 Å². The molecule has 0 spiro atoms. The number of thioether (sulfide) groups is 1. The molecule has 0 bridgehead atoms. The monoisotopic (exact) mass is 638 g/mol. The Kier molecular flexibility index (Phi) is 9.22. The minimum atomic E-state index is -1.76. The van der Waals surface area contributed by atoms with Crippen LogP contribution in [0.25, 0.3) is 15.9 Å². The Morgan fingerprint density at radius 1 is 0.907 bits per heavy atom. The van der Waals surface area contributed by atoms with Gasteiger partial charge in [-0.15, -0.1) is 11.3 Å². The van der Waals surface area contributed by atoms with E-state index in [0.717, 1.165) is 47.9 Å². The summed E-state index contributed by atoms with van der Waals surface area (Å²) in [4.78, 5) is 20.6. The van der Waals surface area contributed by atoms with E-state index in [0.29, 0.717) is 15.9 Å². The molecule has 0 amide bonds. The molecule has 6 rings (SSSR count). The van der Waals surface area contributed by atoms with Crippen LogP contribution in [0.1, 0.15) is 23.3 Å². The molecule has 234 valence electrons. The van der Waals surface area contributed by atoms with Gasteiger partial charge in [-0.25, -0.2) is 4.98 Å². The zero-order chi connectivity index (χ0) is 30.4. The highest BCUT2D eigenvalue weighted by Gasteiger charge is 2.51. The molecule has 43 heavy (non-hydrogen) atoms. The molecular weight excluding hydrogens is 604 g/mol. The first-order chi connectivity index (χ1) is 20.7. The van der Waals surface area contributed by atoms with Gasteiger partial charge in [-0.3, -0.25) is 9.36 Å². The number of aliphatic hydroxyl groups is 7. The van der Waals surface area contributed by atoms with Gasteiger partial charge in [0, 0.05) is 4.88 Å². The SMILES string of the molecule is O=c1c2c3c(sc2nc(S[C@@H]2O[C@@H](CO)[C@H](O[C@H]4O[C@@H](CO)[C@@H](O)[C@@H](O)[C@@H]4O)[C@@H](O)[C@@H]2O)n1-c1ccccc1)CCCC3. The number of aryl methyl sites for hydroxylation is 2. The molecule has 1 aromatic carbocycles. The zero-order valence-electron chi connectivity index (χ0n) is 22.9. The largest absolute Gasteiger partial charge is 0.394 e. The van der Waals surface area contributed by atoms with Gasteiger partial charge < -0.3 is 50.0 Å². The smallest absolute Gasteiger partial charge is 0.267 e. The summed E-state index contributed by atoms with van der Waals surface area (Å²) in [6.45, 7) is -1.36. The minimum Gasteiger partial charge on any atom is -0.394 e. The average Bonchev–Trinajstić information content (AvgIpc) is 3.40. The molecule has 13 nitrogen and oxygen atoms in total. The summed E-state index contributed by atoms with van der Waals surface area (Å²) in [5.74, 6) is 0. The first-order valence-electron chi connectivity index (χ1n) is 14.1. The van der Waals surface area contributed by atoms with Crippen molar-refractivity contribution >= 4 is 33.3 Å². The van der Waals surface area contributed by atoms with Crippen molar-refractivity contribution in [1.29, 1.82) is 0 Å². The molecule has 2 saturated heterocycles. The molecule has 0 saturated carbocycles. The second kappa shape index (κ2) is 12.8. The van der Waals surface area contributed by atoms with Crippen molar-refractivity contribution < 1.29 is 50.0 Å². The van der Waals surface area contributed by atoms with Gasteiger partial charge in [0.15, 0.2) is 11.4 Å². The average molecular weight is 639 g/mol. The Bertz CT molecular complexity index is 1480. The van der Waals surface area contributed by atoms with Crippen LogP contribution in [-0.2, 0) is 27.1 Å². The van der Waals surface area contributed by atoms with E-state index in [1.807, 2.05) is 6.07 Å². The standard InChI is InChI=1S/C28H34N2O11S2/c31-10-14-18(33)19(34)21(36)26(39-14)41-23-15(11-32)40-27(22(37)20(23)35)43-28-29-24-17(13-8-4-5-9-16(13)42-24)25(38)30(28)12-6-2-1-3-7-12/h1-3,6-7,14-15,18-23,26-27,31-37H,4-5,8-11H2/t14-,15-,18+,19+,20-,21-,22-,23-,26+,27-/m0/s1. The number of thiophene rings is 1. The summed E-state index contributed by atoms with van der Waals surface area (Å²) >= 11 is 2.40. The summed E-state index contributed by atoms with van der Waals surface area (Å²) in [6.07, 6.45) is -10.2. The first-order valence-corrected chi connectivity index (χ1v) is 15.8. The van der Waals surface area contributed by atoms with Gasteiger partial charge in [0.1, 0.15) is 59.1 Å². The maximum absolute atomic E-state index is 14.0. The van der Waals surface area contributed by atoms with E-state index in [9.17, 15) is 40.5 Å². The van der Waals surface area contributed by atoms with E-state index in [-0.39, 0.29) is 10.7 Å². The summed E-state index contributed by atoms with van der Waals surface area (Å²) in [7, 11) is 0. The number of rotatable bonds is 7. The summed E-state index contributed by atoms with van der Waals surface area (Å²) < 4.78 is 18.5. The fourth-order valence-electron chi connectivity index (χ4n) is 5.83. The molecule has 7 N–H and O–H groups in total. The molecule has 2 aromatic heterocycles. The lowest BCUT2D eigenvalue weighted by Crippen LogP contribution is -2.64. The van der Waals surface area contributed by atoms with Crippen molar-refractivity contribution in [3.63, 3.8) is 0 Å². The van der Waals surface area contributed by atoms with Crippen molar-refractivity contribution in [2.24, 2.45) is 0 Å². The Balaban J connectivity index is 1.30. The number of ether oxygens (including phenoxy) is 3. The molecule has 1 aliphatic carbocycles. The lowest BCUT2D eigenvalue weighted by molar-refractivity contribution is -0.338. The normalized spacial score (nSPS) is 34.8. The van der Waals surface area contributed by atoms with Gasteiger partial charge in [0.2, 0.25) is 0 Å². The van der Waals surface area contributed by atoms with Gasteiger partial charge in [0.25, 0.3) is 5.56 Å². The number of benzene rings is 1. The molecule has 0 unspecified atom stereocenters. The predicted octanol–water partition coefficient (Wildman–Crippen LogP) is -0.958. The number of nitrogens with zero attached hydrogens (tertiary/aromatic N) is 2. The minimum absolute atomic E-state index is 0.225. The van der Waals surface area contributed by atoms with Gasteiger partial charge in [0.05, 0.1) is 24.3 Å².